The molecular weight excluding hydrogens is 358 g/mol. The molecule has 0 saturated carbocycles. The molecular formula is C26H37NO2. The summed E-state index contributed by atoms with van der Waals surface area (Å²) >= 11 is 0. The van der Waals surface area contributed by atoms with Crippen LogP contribution in [0.1, 0.15) is 70.6 Å². The van der Waals surface area contributed by atoms with Gasteiger partial charge in [-0.3, -0.25) is 9.69 Å². The van der Waals surface area contributed by atoms with Crippen LogP contribution in [0.3, 0.4) is 0 Å². The molecule has 0 fully saturated rings. The highest BCUT2D eigenvalue weighted by Gasteiger charge is 2.24. The Bertz CT molecular complexity index is 773. The number of carbonyl (C=O) groups is 1. The van der Waals surface area contributed by atoms with Gasteiger partial charge in [0, 0.05) is 23.6 Å². The van der Waals surface area contributed by atoms with Crippen LogP contribution in [0.5, 0.6) is 5.75 Å². The fourth-order valence-corrected chi connectivity index (χ4v) is 3.97. The average Bonchev–Trinajstić information content (AvgIpc) is 2.66. The van der Waals surface area contributed by atoms with Crippen molar-refractivity contribution in [3.63, 3.8) is 0 Å². The van der Waals surface area contributed by atoms with Crippen molar-refractivity contribution in [2.75, 3.05) is 6.54 Å². The summed E-state index contributed by atoms with van der Waals surface area (Å²) in [6.07, 6.45) is 0.970. The molecule has 0 bridgehead atoms. The van der Waals surface area contributed by atoms with Crippen LogP contribution in [-0.4, -0.2) is 29.5 Å². The van der Waals surface area contributed by atoms with Gasteiger partial charge in [-0.1, -0.05) is 56.3 Å². The molecule has 0 spiro atoms. The van der Waals surface area contributed by atoms with E-state index in [-0.39, 0.29) is 17.8 Å². The molecule has 0 heterocycles. The number of hydrogen-bond donors (Lipinski definition) is 0. The van der Waals surface area contributed by atoms with Gasteiger partial charge in [-0.25, -0.2) is 0 Å². The lowest BCUT2D eigenvalue weighted by Crippen LogP contribution is -2.38. The van der Waals surface area contributed by atoms with E-state index in [9.17, 15) is 4.79 Å². The zero-order valence-corrected chi connectivity index (χ0v) is 19.1. The second kappa shape index (κ2) is 10.6. The molecule has 29 heavy (non-hydrogen) atoms. The number of esters is 1. The zero-order valence-electron chi connectivity index (χ0n) is 19.1. The van der Waals surface area contributed by atoms with Crippen molar-refractivity contribution in [3.05, 3.63) is 65.2 Å². The van der Waals surface area contributed by atoms with Gasteiger partial charge in [-0.15, -0.1) is 0 Å². The van der Waals surface area contributed by atoms with Crippen molar-refractivity contribution in [3.8, 4) is 5.75 Å². The first-order valence-electron chi connectivity index (χ1n) is 10.8. The Kier molecular flexibility index (Phi) is 8.45. The Morgan fingerprint density at radius 2 is 1.52 bits per heavy atom. The van der Waals surface area contributed by atoms with Gasteiger partial charge in [0.1, 0.15) is 5.75 Å². The SMILES string of the molecule is Cc1cccc(OC(=O)C(C)C)c1[C@H](CCN(C(C)C)C(C)C)c1ccccc1. The number of ether oxygens (including phenoxy) is 1. The molecule has 2 rings (SSSR count). The molecule has 0 aliphatic heterocycles. The van der Waals surface area contributed by atoms with Crippen molar-refractivity contribution < 1.29 is 9.53 Å². The molecule has 3 heteroatoms. The number of nitrogens with zero attached hydrogens (tertiary/aromatic N) is 1. The first-order valence-corrected chi connectivity index (χ1v) is 10.8. The van der Waals surface area contributed by atoms with Gasteiger partial charge in [-0.2, -0.15) is 0 Å². The van der Waals surface area contributed by atoms with E-state index < -0.39 is 0 Å². The number of aryl methyl sites for hydroxylation is 1. The normalized spacial score (nSPS) is 12.8. The highest BCUT2D eigenvalue weighted by atomic mass is 16.5. The smallest absolute Gasteiger partial charge is 0.313 e. The van der Waals surface area contributed by atoms with Gasteiger partial charge >= 0.3 is 5.97 Å². The maximum Gasteiger partial charge on any atom is 0.313 e. The van der Waals surface area contributed by atoms with Gasteiger partial charge in [0.05, 0.1) is 5.92 Å². The molecule has 0 unspecified atom stereocenters. The van der Waals surface area contributed by atoms with Crippen molar-refractivity contribution in [1.82, 2.24) is 4.90 Å². The first kappa shape index (κ1) is 23.2. The largest absolute Gasteiger partial charge is 0.426 e. The highest BCUT2D eigenvalue weighted by molar-refractivity contribution is 5.75. The van der Waals surface area contributed by atoms with Crippen LogP contribution in [-0.2, 0) is 4.79 Å². The van der Waals surface area contributed by atoms with Gasteiger partial charge in [0.2, 0.25) is 0 Å². The molecule has 2 aromatic carbocycles. The third-order valence-electron chi connectivity index (χ3n) is 5.52. The predicted molar refractivity (Wildman–Crippen MR) is 122 cm³/mol. The van der Waals surface area contributed by atoms with Crippen LogP contribution in [0.2, 0.25) is 0 Å². The van der Waals surface area contributed by atoms with E-state index in [4.69, 9.17) is 4.74 Å². The minimum Gasteiger partial charge on any atom is -0.426 e. The summed E-state index contributed by atoms with van der Waals surface area (Å²) in [5, 5.41) is 0. The quantitative estimate of drug-likeness (QED) is 0.374. The van der Waals surface area contributed by atoms with E-state index in [0.717, 1.165) is 24.1 Å². The summed E-state index contributed by atoms with van der Waals surface area (Å²) in [6.45, 7) is 15.8. The van der Waals surface area contributed by atoms with E-state index >= 15 is 0 Å². The molecule has 0 aliphatic carbocycles. The molecule has 1 atom stereocenters. The number of carbonyl (C=O) groups excluding carboxylic acids is 1. The minimum atomic E-state index is -0.186. The summed E-state index contributed by atoms with van der Waals surface area (Å²) in [5.74, 6) is 0.524. The van der Waals surface area contributed by atoms with Crippen LogP contribution in [0.4, 0.5) is 0 Å². The second-order valence-corrected chi connectivity index (χ2v) is 8.74. The molecule has 158 valence electrons. The van der Waals surface area contributed by atoms with E-state index in [2.05, 4.69) is 69.9 Å². The second-order valence-electron chi connectivity index (χ2n) is 8.74. The number of rotatable bonds is 9. The maximum absolute atomic E-state index is 12.3. The molecule has 3 nitrogen and oxygen atoms in total. The van der Waals surface area contributed by atoms with E-state index in [1.165, 1.54) is 5.56 Å². The molecule has 0 aliphatic rings. The van der Waals surface area contributed by atoms with Crippen LogP contribution in [0.25, 0.3) is 0 Å². The molecule has 0 amide bonds. The molecule has 0 radical (unpaired) electrons. The summed E-state index contributed by atoms with van der Waals surface area (Å²) in [4.78, 5) is 14.9. The summed E-state index contributed by atoms with van der Waals surface area (Å²) in [6, 6.07) is 17.6. The lowest BCUT2D eigenvalue weighted by atomic mass is 9.85. The third kappa shape index (κ3) is 6.17. The van der Waals surface area contributed by atoms with Crippen LogP contribution in [0.15, 0.2) is 48.5 Å². The number of benzene rings is 2. The maximum atomic E-state index is 12.3. The van der Waals surface area contributed by atoms with Gasteiger partial charge in [-0.05, 0) is 64.8 Å². The lowest BCUT2D eigenvalue weighted by Gasteiger charge is -2.32. The highest BCUT2D eigenvalue weighted by Crippen LogP contribution is 2.37. The fraction of sp³-hybridized carbons (Fsp3) is 0.500. The Morgan fingerprint density at radius 1 is 0.897 bits per heavy atom. The van der Waals surface area contributed by atoms with Crippen molar-refractivity contribution >= 4 is 5.97 Å². The minimum absolute atomic E-state index is 0.157. The van der Waals surface area contributed by atoms with Gasteiger partial charge in [0.15, 0.2) is 0 Å². The van der Waals surface area contributed by atoms with Crippen molar-refractivity contribution in [1.29, 1.82) is 0 Å². The predicted octanol–water partition coefficient (Wildman–Crippen LogP) is 6.20. The van der Waals surface area contributed by atoms with Crippen LogP contribution >= 0.6 is 0 Å². The number of hydrogen-bond acceptors (Lipinski definition) is 3. The van der Waals surface area contributed by atoms with E-state index in [0.29, 0.717) is 17.8 Å². The van der Waals surface area contributed by atoms with Gasteiger partial charge < -0.3 is 4.74 Å². The summed E-state index contributed by atoms with van der Waals surface area (Å²) in [7, 11) is 0. The monoisotopic (exact) mass is 395 g/mol. The topological polar surface area (TPSA) is 29.5 Å². The van der Waals surface area contributed by atoms with Gasteiger partial charge in [0.25, 0.3) is 0 Å². The molecule has 0 saturated heterocycles. The standard InChI is InChI=1S/C26H37NO2/c1-18(2)26(28)29-24-15-11-12-21(7)25(24)23(22-13-9-8-10-14-22)16-17-27(19(3)4)20(5)6/h8-15,18-20,23H,16-17H2,1-7H3/t23-/m1/s1. The molecule has 0 aromatic heterocycles. The van der Waals surface area contributed by atoms with Crippen molar-refractivity contribution in [2.45, 2.75) is 72.9 Å². The van der Waals surface area contributed by atoms with Crippen LogP contribution < -0.4 is 4.74 Å². The zero-order chi connectivity index (χ0) is 21.6. The Hall–Kier alpha value is -2.13. The van der Waals surface area contributed by atoms with E-state index in [1.54, 1.807) is 0 Å². The molecule has 2 aromatic rings. The Balaban J connectivity index is 2.46. The van der Waals surface area contributed by atoms with Crippen molar-refractivity contribution in [2.24, 2.45) is 5.92 Å². The average molecular weight is 396 g/mol. The fourth-order valence-electron chi connectivity index (χ4n) is 3.97. The summed E-state index contributed by atoms with van der Waals surface area (Å²) in [5.41, 5.74) is 3.55. The van der Waals surface area contributed by atoms with Crippen LogP contribution in [0, 0.1) is 12.8 Å². The lowest BCUT2D eigenvalue weighted by molar-refractivity contribution is -0.137. The van der Waals surface area contributed by atoms with E-state index in [1.807, 2.05) is 32.0 Å². The third-order valence-corrected chi connectivity index (χ3v) is 5.52. The molecule has 0 N–H and O–H groups in total. The first-order chi connectivity index (χ1) is 13.7. The Morgan fingerprint density at radius 3 is 2.07 bits per heavy atom. The Labute approximate surface area is 177 Å². The summed E-state index contributed by atoms with van der Waals surface area (Å²) < 4.78 is 5.84.